The van der Waals surface area contributed by atoms with Crippen LogP contribution < -0.4 is 10.6 Å². The Morgan fingerprint density at radius 1 is 1.22 bits per heavy atom. The lowest BCUT2D eigenvalue weighted by Crippen LogP contribution is -2.22. The monoisotopic (exact) mass is 396 g/mol. The van der Waals surface area contributed by atoms with Crippen LogP contribution in [0.4, 0.5) is 18.2 Å². The minimum absolute atomic E-state index is 0.104. The van der Waals surface area contributed by atoms with Gasteiger partial charge in [-0.3, -0.25) is 9.59 Å². The first-order chi connectivity index (χ1) is 12.7. The van der Waals surface area contributed by atoms with Crippen molar-refractivity contribution in [2.24, 2.45) is 5.92 Å². The highest BCUT2D eigenvalue weighted by molar-refractivity contribution is 7.17. The largest absolute Gasteiger partial charge is 0.416 e. The summed E-state index contributed by atoms with van der Waals surface area (Å²) in [5.74, 6) is -0.486. The van der Waals surface area contributed by atoms with E-state index in [0.29, 0.717) is 16.5 Å². The average molecular weight is 396 g/mol. The quantitative estimate of drug-likeness (QED) is 0.802. The second-order valence-corrected chi connectivity index (χ2v) is 7.77. The van der Waals surface area contributed by atoms with Gasteiger partial charge < -0.3 is 10.6 Å². The molecule has 0 bridgehead atoms. The molecule has 1 aromatic heterocycles. The van der Waals surface area contributed by atoms with Gasteiger partial charge in [0.05, 0.1) is 11.1 Å². The summed E-state index contributed by atoms with van der Waals surface area (Å²) in [5, 5.41) is 5.61. The molecule has 0 fully saturated rings. The van der Waals surface area contributed by atoms with Crippen LogP contribution in [-0.4, -0.2) is 18.9 Å². The van der Waals surface area contributed by atoms with Crippen molar-refractivity contribution < 1.29 is 22.8 Å². The molecule has 0 saturated heterocycles. The Morgan fingerprint density at radius 3 is 2.63 bits per heavy atom. The smallest absolute Gasteiger partial charge is 0.355 e. The fourth-order valence-electron chi connectivity index (χ4n) is 3.22. The van der Waals surface area contributed by atoms with Gasteiger partial charge in [0.25, 0.3) is 11.8 Å². The maximum Gasteiger partial charge on any atom is 0.416 e. The average Bonchev–Trinajstić information content (AvgIpc) is 2.97. The second-order valence-electron chi connectivity index (χ2n) is 6.67. The minimum atomic E-state index is -4.53. The van der Waals surface area contributed by atoms with Crippen molar-refractivity contribution in [2.75, 3.05) is 12.4 Å². The summed E-state index contributed by atoms with van der Waals surface area (Å²) in [5.41, 5.74) is 0.356. The van der Waals surface area contributed by atoms with E-state index in [1.54, 1.807) is 0 Å². The Balaban J connectivity index is 1.94. The van der Waals surface area contributed by atoms with Gasteiger partial charge in [-0.2, -0.15) is 13.2 Å². The molecule has 0 aliphatic heterocycles. The number of benzene rings is 1. The van der Waals surface area contributed by atoms with Gasteiger partial charge in [-0.1, -0.05) is 13.0 Å². The number of alkyl halides is 3. The summed E-state index contributed by atoms with van der Waals surface area (Å²) in [4.78, 5) is 25.9. The number of halogens is 3. The van der Waals surface area contributed by atoms with E-state index >= 15 is 0 Å². The van der Waals surface area contributed by atoms with Crippen molar-refractivity contribution in [2.45, 2.75) is 32.4 Å². The molecule has 0 saturated carbocycles. The third-order valence-electron chi connectivity index (χ3n) is 4.64. The van der Waals surface area contributed by atoms with E-state index in [9.17, 15) is 22.8 Å². The molecule has 2 N–H and O–H groups in total. The standard InChI is InChI=1S/C19H19F3N2O2S/c1-10-6-7-13-14(8-10)27-18(15(13)17(26)23-2)24-16(25)11-4-3-5-12(9-11)19(20,21)22/h3-5,9-10H,6-8H2,1-2H3,(H,23,26)(H,24,25)/t10-/m0/s1. The van der Waals surface area contributed by atoms with Crippen molar-refractivity contribution in [3.8, 4) is 0 Å². The predicted molar refractivity (Wildman–Crippen MR) is 98.3 cm³/mol. The van der Waals surface area contributed by atoms with E-state index < -0.39 is 17.6 Å². The number of rotatable bonds is 3. The van der Waals surface area contributed by atoms with Gasteiger partial charge in [-0.05, 0) is 48.9 Å². The third-order valence-corrected chi connectivity index (χ3v) is 5.81. The molecule has 8 heteroatoms. The third kappa shape index (κ3) is 4.00. The number of nitrogens with one attached hydrogen (secondary N) is 2. The van der Waals surface area contributed by atoms with Crippen LogP contribution in [0.1, 0.15) is 50.1 Å². The molecule has 1 aliphatic rings. The van der Waals surface area contributed by atoms with E-state index in [0.717, 1.165) is 41.8 Å². The number of thiophene rings is 1. The van der Waals surface area contributed by atoms with Gasteiger partial charge >= 0.3 is 6.18 Å². The van der Waals surface area contributed by atoms with Gasteiger partial charge in [0, 0.05) is 17.5 Å². The Labute approximate surface area is 158 Å². The van der Waals surface area contributed by atoms with Crippen molar-refractivity contribution in [1.29, 1.82) is 0 Å². The summed E-state index contributed by atoms with van der Waals surface area (Å²) in [6, 6.07) is 4.24. The first kappa shape index (κ1) is 19.4. The molecule has 3 rings (SSSR count). The lowest BCUT2D eigenvalue weighted by molar-refractivity contribution is -0.137. The molecule has 0 spiro atoms. The molecule has 0 radical (unpaired) electrons. The summed E-state index contributed by atoms with van der Waals surface area (Å²) >= 11 is 1.33. The van der Waals surface area contributed by atoms with Gasteiger partial charge in [0.2, 0.25) is 0 Å². The molecule has 1 heterocycles. The zero-order valence-electron chi connectivity index (χ0n) is 14.9. The highest BCUT2D eigenvalue weighted by Crippen LogP contribution is 2.40. The van der Waals surface area contributed by atoms with Crippen LogP contribution in [0.2, 0.25) is 0 Å². The Bertz CT molecular complexity index is 890. The van der Waals surface area contributed by atoms with Crippen LogP contribution in [0.5, 0.6) is 0 Å². The Kier molecular flexibility index (Phi) is 5.28. The SMILES string of the molecule is CNC(=O)c1c(NC(=O)c2cccc(C(F)(F)F)c2)sc2c1CC[C@H](C)C2. The Hall–Kier alpha value is -2.35. The molecule has 27 heavy (non-hydrogen) atoms. The number of carbonyl (C=O) groups is 2. The number of anilines is 1. The predicted octanol–water partition coefficient (Wildman–Crippen LogP) is 4.50. The van der Waals surface area contributed by atoms with Crippen molar-refractivity contribution >= 4 is 28.2 Å². The first-order valence-corrected chi connectivity index (χ1v) is 9.37. The number of fused-ring (bicyclic) bond motifs is 1. The molecule has 2 aromatic rings. The number of amides is 2. The highest BCUT2D eigenvalue weighted by atomic mass is 32.1. The van der Waals surface area contributed by atoms with E-state index in [1.807, 2.05) is 0 Å². The van der Waals surface area contributed by atoms with Crippen molar-refractivity contribution in [3.05, 3.63) is 51.4 Å². The molecular formula is C19H19F3N2O2S. The van der Waals surface area contributed by atoms with Crippen LogP contribution in [-0.2, 0) is 19.0 Å². The van der Waals surface area contributed by atoms with Gasteiger partial charge in [-0.15, -0.1) is 11.3 Å². The van der Waals surface area contributed by atoms with Gasteiger partial charge in [0.1, 0.15) is 5.00 Å². The number of hydrogen-bond donors (Lipinski definition) is 2. The summed E-state index contributed by atoms with van der Waals surface area (Å²) in [6.45, 7) is 2.13. The lowest BCUT2D eigenvalue weighted by atomic mass is 9.88. The van der Waals surface area contributed by atoms with Gasteiger partial charge in [-0.25, -0.2) is 0 Å². The van der Waals surface area contributed by atoms with E-state index in [-0.39, 0.29) is 11.5 Å². The summed E-state index contributed by atoms with van der Waals surface area (Å²) in [6.07, 6.45) is -2.00. The van der Waals surface area contributed by atoms with Crippen LogP contribution in [0.3, 0.4) is 0 Å². The van der Waals surface area contributed by atoms with Crippen molar-refractivity contribution in [1.82, 2.24) is 5.32 Å². The summed E-state index contributed by atoms with van der Waals surface area (Å²) < 4.78 is 38.6. The summed E-state index contributed by atoms with van der Waals surface area (Å²) in [7, 11) is 1.51. The van der Waals surface area contributed by atoms with E-state index in [1.165, 1.54) is 30.5 Å². The topological polar surface area (TPSA) is 58.2 Å². The minimum Gasteiger partial charge on any atom is -0.355 e. The molecular weight excluding hydrogens is 377 g/mol. The van der Waals surface area contributed by atoms with Crippen molar-refractivity contribution in [3.63, 3.8) is 0 Å². The van der Waals surface area contributed by atoms with E-state index in [4.69, 9.17) is 0 Å². The molecule has 2 amide bonds. The molecule has 1 aromatic carbocycles. The molecule has 1 aliphatic carbocycles. The molecule has 0 unspecified atom stereocenters. The normalized spacial score (nSPS) is 16.6. The molecule has 4 nitrogen and oxygen atoms in total. The molecule has 1 atom stereocenters. The van der Waals surface area contributed by atoms with E-state index in [2.05, 4.69) is 17.6 Å². The maximum atomic E-state index is 12.9. The van der Waals surface area contributed by atoms with Crippen LogP contribution in [0, 0.1) is 5.92 Å². The number of carbonyl (C=O) groups excluding carboxylic acids is 2. The number of hydrogen-bond acceptors (Lipinski definition) is 3. The zero-order valence-corrected chi connectivity index (χ0v) is 15.7. The fraction of sp³-hybridized carbons (Fsp3) is 0.368. The lowest BCUT2D eigenvalue weighted by Gasteiger charge is -2.18. The van der Waals surface area contributed by atoms with Crippen LogP contribution in [0.15, 0.2) is 24.3 Å². The first-order valence-electron chi connectivity index (χ1n) is 8.56. The van der Waals surface area contributed by atoms with Crippen LogP contribution >= 0.6 is 11.3 Å². The highest BCUT2D eigenvalue weighted by Gasteiger charge is 2.31. The second kappa shape index (κ2) is 7.34. The van der Waals surface area contributed by atoms with Gasteiger partial charge in [0.15, 0.2) is 0 Å². The maximum absolute atomic E-state index is 12.9. The van der Waals surface area contributed by atoms with Crippen LogP contribution in [0.25, 0.3) is 0 Å². The zero-order chi connectivity index (χ0) is 19.8. The Morgan fingerprint density at radius 2 is 1.96 bits per heavy atom. The fourth-order valence-corrected chi connectivity index (χ4v) is 4.62. The molecule has 144 valence electrons.